The molecular formula is C23H31N2O6+. The molecule has 1 atom stereocenters. The van der Waals surface area contributed by atoms with Gasteiger partial charge in [-0.25, -0.2) is 10.1 Å². The van der Waals surface area contributed by atoms with Crippen molar-refractivity contribution in [1.82, 2.24) is 0 Å². The van der Waals surface area contributed by atoms with Crippen LogP contribution in [-0.2, 0) is 27.3 Å². The first kappa shape index (κ1) is 24.2. The van der Waals surface area contributed by atoms with Crippen LogP contribution in [0.3, 0.4) is 0 Å². The van der Waals surface area contributed by atoms with E-state index in [1.807, 2.05) is 38.2 Å². The lowest BCUT2D eigenvalue weighted by Gasteiger charge is -2.18. The van der Waals surface area contributed by atoms with Crippen molar-refractivity contribution in [3.8, 4) is 5.75 Å². The second kappa shape index (κ2) is 11.9. The third-order valence-corrected chi connectivity index (χ3v) is 4.41. The lowest BCUT2D eigenvalue weighted by atomic mass is 10.0. The summed E-state index contributed by atoms with van der Waals surface area (Å²) in [7, 11) is 1.82. The Bertz CT molecular complexity index is 867. The number of benzene rings is 2. The quantitative estimate of drug-likeness (QED) is 0.469. The highest BCUT2D eigenvalue weighted by atomic mass is 16.5. The molecule has 4 N–H and O–H groups in total. The Morgan fingerprint density at radius 1 is 1.13 bits per heavy atom. The van der Waals surface area contributed by atoms with Crippen LogP contribution in [0.2, 0.25) is 0 Å². The lowest BCUT2D eigenvalue weighted by molar-refractivity contribution is -0.483. The van der Waals surface area contributed by atoms with Gasteiger partial charge >= 0.3 is 12.1 Å². The van der Waals surface area contributed by atoms with Gasteiger partial charge in [0.2, 0.25) is 0 Å². The molecule has 1 amide bonds. The molecule has 31 heavy (non-hydrogen) atoms. The fraction of sp³-hybridized carbons (Fsp3) is 0.391. The van der Waals surface area contributed by atoms with Gasteiger partial charge in [0.1, 0.15) is 18.0 Å². The highest BCUT2D eigenvalue weighted by molar-refractivity contribution is 5.72. The summed E-state index contributed by atoms with van der Waals surface area (Å²) in [6.45, 7) is 5.92. The van der Waals surface area contributed by atoms with E-state index < -0.39 is 18.2 Å². The molecule has 0 saturated heterocycles. The number of primary amides is 1. The van der Waals surface area contributed by atoms with Crippen molar-refractivity contribution in [2.75, 3.05) is 19.0 Å². The molecule has 0 aromatic heterocycles. The maximum Gasteiger partial charge on any atom is 0.518 e. The van der Waals surface area contributed by atoms with E-state index in [1.54, 1.807) is 32.0 Å². The SMILES string of the molecule is CCOc1ccc(CC(OC(C)C)C(=O)O)cc1COC(=O)[NH2+]c1ccc(NC)cc1. The van der Waals surface area contributed by atoms with Crippen LogP contribution in [0.15, 0.2) is 42.5 Å². The van der Waals surface area contributed by atoms with Crippen molar-refractivity contribution >= 4 is 23.4 Å². The number of ether oxygens (including phenoxy) is 3. The maximum atomic E-state index is 12.3. The molecule has 0 bridgehead atoms. The highest BCUT2D eigenvalue weighted by Crippen LogP contribution is 2.23. The largest absolute Gasteiger partial charge is 0.518 e. The number of hydrogen-bond donors (Lipinski definition) is 3. The number of carboxylic acids is 1. The van der Waals surface area contributed by atoms with Crippen molar-refractivity contribution in [2.45, 2.75) is 46.0 Å². The van der Waals surface area contributed by atoms with E-state index in [9.17, 15) is 14.7 Å². The number of hydrogen-bond acceptors (Lipinski definition) is 6. The zero-order valence-electron chi connectivity index (χ0n) is 18.4. The van der Waals surface area contributed by atoms with E-state index in [-0.39, 0.29) is 19.1 Å². The summed E-state index contributed by atoms with van der Waals surface area (Å²) in [5.41, 5.74) is 3.11. The molecule has 0 radical (unpaired) electrons. The van der Waals surface area contributed by atoms with Crippen LogP contribution in [0.5, 0.6) is 5.75 Å². The van der Waals surface area contributed by atoms with Gasteiger partial charge in [0.25, 0.3) is 0 Å². The van der Waals surface area contributed by atoms with Gasteiger partial charge in [-0.1, -0.05) is 6.07 Å². The average molecular weight is 432 g/mol. The molecule has 8 nitrogen and oxygen atoms in total. The lowest BCUT2D eigenvalue weighted by Crippen LogP contribution is -2.82. The summed E-state index contributed by atoms with van der Waals surface area (Å²) in [6.07, 6.45) is -1.44. The minimum Gasteiger partial charge on any atom is -0.493 e. The minimum atomic E-state index is -1.02. The van der Waals surface area contributed by atoms with Crippen LogP contribution in [0.25, 0.3) is 0 Å². The van der Waals surface area contributed by atoms with Gasteiger partial charge in [-0.15, -0.1) is 0 Å². The number of anilines is 1. The molecule has 2 aromatic rings. The normalized spacial score (nSPS) is 11.8. The Morgan fingerprint density at radius 2 is 1.84 bits per heavy atom. The standard InChI is InChI=1S/C23H30N2O6/c1-5-29-20-11-6-16(13-21(22(26)27)31-15(2)3)12-17(20)14-30-23(28)25-19-9-7-18(24-4)8-10-19/h6-12,15,21,24H,5,13-14H2,1-4H3,(H,25,28)(H,26,27)/p+1. The molecule has 2 aromatic carbocycles. The summed E-state index contributed by atoms with van der Waals surface area (Å²) in [4.78, 5) is 23.7. The minimum absolute atomic E-state index is 0.00980. The number of quaternary nitrogens is 1. The molecular weight excluding hydrogens is 400 g/mol. The number of carboxylic acid groups (broad SMARTS) is 1. The Hall–Kier alpha value is -3.10. The Balaban J connectivity index is 2.07. The van der Waals surface area contributed by atoms with Gasteiger partial charge in [-0.2, -0.15) is 4.79 Å². The first-order valence-electron chi connectivity index (χ1n) is 10.2. The number of rotatable bonds is 11. The highest BCUT2D eigenvalue weighted by Gasteiger charge is 2.21. The molecule has 0 heterocycles. The van der Waals surface area contributed by atoms with E-state index in [0.717, 1.165) is 16.9 Å². The number of aliphatic carboxylic acids is 1. The zero-order valence-corrected chi connectivity index (χ0v) is 18.4. The summed E-state index contributed by atoms with van der Waals surface area (Å²) < 4.78 is 16.5. The second-order valence-electron chi connectivity index (χ2n) is 7.21. The molecule has 1 unspecified atom stereocenters. The van der Waals surface area contributed by atoms with Crippen LogP contribution < -0.4 is 15.4 Å². The van der Waals surface area contributed by atoms with Gasteiger partial charge in [0.05, 0.1) is 12.7 Å². The van der Waals surface area contributed by atoms with Crippen LogP contribution in [0.4, 0.5) is 16.2 Å². The molecule has 8 heteroatoms. The van der Waals surface area contributed by atoms with E-state index in [0.29, 0.717) is 17.9 Å². The maximum absolute atomic E-state index is 12.3. The number of carbonyl (C=O) groups is 2. The average Bonchev–Trinajstić information content (AvgIpc) is 2.73. The van der Waals surface area contributed by atoms with Crippen LogP contribution in [0.1, 0.15) is 31.9 Å². The van der Waals surface area contributed by atoms with Crippen molar-refractivity contribution < 1.29 is 34.2 Å². The fourth-order valence-corrected chi connectivity index (χ4v) is 2.98. The van der Waals surface area contributed by atoms with Gasteiger partial charge < -0.3 is 24.6 Å². The van der Waals surface area contributed by atoms with Crippen molar-refractivity contribution in [3.05, 3.63) is 53.6 Å². The van der Waals surface area contributed by atoms with Gasteiger partial charge in [0.15, 0.2) is 6.10 Å². The smallest absolute Gasteiger partial charge is 0.493 e. The van der Waals surface area contributed by atoms with Crippen molar-refractivity contribution in [2.24, 2.45) is 0 Å². The molecule has 168 valence electrons. The van der Waals surface area contributed by atoms with Crippen LogP contribution in [-0.4, -0.2) is 43.0 Å². The van der Waals surface area contributed by atoms with Crippen molar-refractivity contribution in [3.63, 3.8) is 0 Å². The first-order valence-corrected chi connectivity index (χ1v) is 10.2. The molecule has 0 saturated carbocycles. The molecule has 0 fully saturated rings. The number of carbonyl (C=O) groups excluding carboxylic acids is 1. The summed E-state index contributed by atoms with van der Waals surface area (Å²) >= 11 is 0. The Morgan fingerprint density at radius 3 is 2.42 bits per heavy atom. The fourth-order valence-electron chi connectivity index (χ4n) is 2.98. The molecule has 2 rings (SSSR count). The number of nitrogens with two attached hydrogens (primary N) is 1. The van der Waals surface area contributed by atoms with E-state index in [4.69, 9.17) is 14.2 Å². The summed E-state index contributed by atoms with van der Waals surface area (Å²) in [5.74, 6) is -0.427. The predicted molar refractivity (Wildman–Crippen MR) is 117 cm³/mol. The predicted octanol–water partition coefficient (Wildman–Crippen LogP) is 3.08. The van der Waals surface area contributed by atoms with E-state index in [2.05, 4.69) is 5.32 Å². The molecule has 0 aliphatic heterocycles. The zero-order chi connectivity index (χ0) is 22.8. The molecule has 0 aliphatic carbocycles. The summed E-state index contributed by atoms with van der Waals surface area (Å²) in [5, 5.41) is 13.8. The summed E-state index contributed by atoms with van der Waals surface area (Å²) in [6, 6.07) is 12.7. The van der Waals surface area contributed by atoms with Gasteiger partial charge in [-0.05, 0) is 50.6 Å². The topological polar surface area (TPSA) is 111 Å². The molecule has 0 spiro atoms. The van der Waals surface area contributed by atoms with Crippen molar-refractivity contribution in [1.29, 1.82) is 0 Å². The molecule has 0 aliphatic rings. The van der Waals surface area contributed by atoms with E-state index >= 15 is 0 Å². The van der Waals surface area contributed by atoms with E-state index in [1.165, 1.54) is 5.32 Å². The Labute approximate surface area is 182 Å². The third kappa shape index (κ3) is 7.92. The van der Waals surface area contributed by atoms with Gasteiger partial charge in [0, 0.05) is 36.9 Å². The number of nitrogens with one attached hydrogen (secondary N) is 1. The number of amides is 1. The Kier molecular flexibility index (Phi) is 9.30. The van der Waals surface area contributed by atoms with Crippen LogP contribution in [0, 0.1) is 0 Å². The monoisotopic (exact) mass is 431 g/mol. The first-order chi connectivity index (χ1) is 14.8. The van der Waals surface area contributed by atoms with Gasteiger partial charge in [-0.3, -0.25) is 0 Å². The third-order valence-electron chi connectivity index (χ3n) is 4.41. The second-order valence-corrected chi connectivity index (χ2v) is 7.21. The van der Waals surface area contributed by atoms with Crippen LogP contribution >= 0.6 is 0 Å².